The molecule has 0 atom stereocenters. The van der Waals surface area contributed by atoms with Crippen LogP contribution in [0.25, 0.3) is 22.5 Å². The quantitative estimate of drug-likeness (QED) is 0.680. The molecule has 1 N–H and O–H groups in total. The maximum absolute atomic E-state index is 13.3. The Hall–Kier alpha value is -2.34. The van der Waals surface area contributed by atoms with Crippen LogP contribution in [0.2, 0.25) is 0 Å². The van der Waals surface area contributed by atoms with Crippen molar-refractivity contribution in [1.29, 1.82) is 0 Å². The Morgan fingerprint density at radius 2 is 1.92 bits per heavy atom. The topological polar surface area (TPSA) is 44.8 Å². The molecule has 3 aromatic rings. The smallest absolute Gasteiger partial charge is 0.166 e. The molecule has 0 radical (unpaired) electrons. The second-order valence-corrected chi connectivity index (χ2v) is 7.02. The van der Waals surface area contributed by atoms with Crippen LogP contribution in [0, 0.1) is 5.82 Å². The predicted octanol–water partition coefficient (Wildman–Crippen LogP) is 4.60. The zero-order valence-electron chi connectivity index (χ0n) is 14.2. The van der Waals surface area contributed by atoms with E-state index in [4.69, 9.17) is 4.98 Å². The Morgan fingerprint density at radius 3 is 2.60 bits per heavy atom. The number of thioether (sulfide) groups is 1. The third-order valence-electron chi connectivity index (χ3n) is 4.48. The number of rotatable bonds is 5. The summed E-state index contributed by atoms with van der Waals surface area (Å²) in [5, 5.41) is 0.836. The van der Waals surface area contributed by atoms with Gasteiger partial charge in [0.15, 0.2) is 5.16 Å². The van der Waals surface area contributed by atoms with E-state index in [2.05, 4.69) is 28.0 Å². The van der Waals surface area contributed by atoms with E-state index in [0.29, 0.717) is 6.04 Å². The van der Waals surface area contributed by atoms with Crippen LogP contribution in [-0.2, 0) is 0 Å². The summed E-state index contributed by atoms with van der Waals surface area (Å²) in [6.45, 7) is 0. The van der Waals surface area contributed by atoms with Gasteiger partial charge in [-0.15, -0.1) is 0 Å². The average molecular weight is 354 g/mol. The molecule has 4 rings (SSSR count). The number of aromatic nitrogens is 3. The lowest BCUT2D eigenvalue weighted by Gasteiger charge is -2.17. The van der Waals surface area contributed by atoms with E-state index in [1.807, 2.05) is 18.5 Å². The van der Waals surface area contributed by atoms with Gasteiger partial charge in [0.25, 0.3) is 0 Å². The number of nitrogens with one attached hydrogen (secondary N) is 1. The average Bonchev–Trinajstić information content (AvgIpc) is 3.40. The van der Waals surface area contributed by atoms with Crippen molar-refractivity contribution in [3.8, 4) is 22.5 Å². The van der Waals surface area contributed by atoms with Crippen molar-refractivity contribution in [2.24, 2.45) is 0 Å². The molecule has 6 heteroatoms. The molecule has 1 fully saturated rings. The van der Waals surface area contributed by atoms with Crippen molar-refractivity contribution >= 4 is 17.6 Å². The van der Waals surface area contributed by atoms with Gasteiger partial charge in [0.2, 0.25) is 0 Å². The molecule has 0 bridgehead atoms. The summed E-state index contributed by atoms with van der Waals surface area (Å²) in [6, 6.07) is 11.1. The van der Waals surface area contributed by atoms with Crippen LogP contribution in [0.3, 0.4) is 0 Å². The predicted molar refractivity (Wildman–Crippen MR) is 100 cm³/mol. The molecule has 4 nitrogen and oxygen atoms in total. The molecule has 1 aromatic carbocycles. The summed E-state index contributed by atoms with van der Waals surface area (Å²) in [5.74, 6) is 0.714. The van der Waals surface area contributed by atoms with Crippen molar-refractivity contribution in [2.45, 2.75) is 24.0 Å². The van der Waals surface area contributed by atoms with Gasteiger partial charge in [0, 0.05) is 30.4 Å². The van der Waals surface area contributed by atoms with Gasteiger partial charge in [-0.3, -0.25) is 0 Å². The van der Waals surface area contributed by atoms with Gasteiger partial charge in [0.05, 0.1) is 11.4 Å². The first kappa shape index (κ1) is 16.1. The van der Waals surface area contributed by atoms with Crippen molar-refractivity contribution in [3.63, 3.8) is 0 Å². The number of imidazole rings is 1. The molecule has 25 heavy (non-hydrogen) atoms. The highest BCUT2D eigenvalue weighted by Gasteiger charge is 2.27. The van der Waals surface area contributed by atoms with Crippen LogP contribution >= 0.6 is 11.8 Å². The second kappa shape index (κ2) is 6.52. The van der Waals surface area contributed by atoms with Crippen LogP contribution < -0.4 is 4.90 Å². The second-order valence-electron chi connectivity index (χ2n) is 6.22. The van der Waals surface area contributed by atoms with E-state index < -0.39 is 0 Å². The molecule has 0 unspecified atom stereocenters. The lowest BCUT2D eigenvalue weighted by atomic mass is 10.1. The third-order valence-corrected chi connectivity index (χ3v) is 5.06. The van der Waals surface area contributed by atoms with Crippen molar-refractivity contribution in [1.82, 2.24) is 15.0 Å². The van der Waals surface area contributed by atoms with Gasteiger partial charge in [0.1, 0.15) is 11.6 Å². The van der Waals surface area contributed by atoms with E-state index in [9.17, 15) is 4.39 Å². The lowest BCUT2D eigenvalue weighted by Crippen LogP contribution is -2.20. The summed E-state index contributed by atoms with van der Waals surface area (Å²) < 4.78 is 13.3. The Kier molecular flexibility index (Phi) is 4.21. The van der Waals surface area contributed by atoms with Crippen LogP contribution in [0.4, 0.5) is 10.2 Å². The van der Waals surface area contributed by atoms with E-state index in [1.165, 1.54) is 25.0 Å². The number of anilines is 1. The fourth-order valence-electron chi connectivity index (χ4n) is 2.89. The molecule has 0 aliphatic heterocycles. The first-order chi connectivity index (χ1) is 12.2. The fraction of sp³-hybridized carbons (Fsp3) is 0.263. The number of H-pyrrole nitrogens is 1. The van der Waals surface area contributed by atoms with Gasteiger partial charge in [-0.25, -0.2) is 14.4 Å². The van der Waals surface area contributed by atoms with E-state index in [1.54, 1.807) is 23.9 Å². The first-order valence-electron chi connectivity index (χ1n) is 8.25. The highest BCUT2D eigenvalue weighted by molar-refractivity contribution is 7.98. The Bertz CT molecular complexity index is 887. The number of hydrogen-bond acceptors (Lipinski definition) is 4. The Morgan fingerprint density at radius 1 is 1.16 bits per heavy atom. The zero-order valence-corrected chi connectivity index (χ0v) is 15.0. The van der Waals surface area contributed by atoms with Crippen molar-refractivity contribution < 1.29 is 4.39 Å². The number of pyridine rings is 1. The minimum absolute atomic E-state index is 0.243. The number of nitrogens with zero attached hydrogens (tertiary/aromatic N) is 3. The fourth-order valence-corrected chi connectivity index (χ4v) is 3.28. The zero-order chi connectivity index (χ0) is 17.4. The van der Waals surface area contributed by atoms with Crippen molar-refractivity contribution in [3.05, 3.63) is 48.4 Å². The molecule has 0 amide bonds. The number of aromatic amines is 1. The normalized spacial score (nSPS) is 13.9. The van der Waals surface area contributed by atoms with Gasteiger partial charge in [-0.1, -0.05) is 11.8 Å². The van der Waals surface area contributed by atoms with E-state index in [0.717, 1.165) is 33.5 Å². The maximum Gasteiger partial charge on any atom is 0.166 e. The van der Waals surface area contributed by atoms with E-state index >= 15 is 0 Å². The third kappa shape index (κ3) is 3.26. The lowest BCUT2D eigenvalue weighted by molar-refractivity contribution is 0.628. The first-order valence-corrected chi connectivity index (χ1v) is 9.47. The summed E-state index contributed by atoms with van der Waals surface area (Å²) in [4.78, 5) is 14.8. The minimum atomic E-state index is -0.243. The standard InChI is InChI=1S/C19H19FN4S/c1-24(15-7-8-15)16-11-13(9-10-21-16)18-17(22-19(23-18)25-2)12-3-5-14(20)6-4-12/h3-6,9-11,15H,7-8H2,1-2H3,(H,22,23). The molecule has 128 valence electrons. The number of benzene rings is 1. The number of halogens is 1. The van der Waals surface area contributed by atoms with Gasteiger partial charge in [-0.2, -0.15) is 0 Å². The minimum Gasteiger partial charge on any atom is -0.357 e. The highest BCUT2D eigenvalue weighted by atomic mass is 32.2. The summed E-state index contributed by atoms with van der Waals surface area (Å²) in [6.07, 6.45) is 6.26. The van der Waals surface area contributed by atoms with Gasteiger partial charge < -0.3 is 9.88 Å². The van der Waals surface area contributed by atoms with Crippen LogP contribution in [0.5, 0.6) is 0 Å². The molecule has 1 aliphatic rings. The maximum atomic E-state index is 13.3. The van der Waals surface area contributed by atoms with Crippen molar-refractivity contribution in [2.75, 3.05) is 18.2 Å². The molecular formula is C19H19FN4S. The SMILES string of the molecule is CSc1nc(-c2ccnc(N(C)C3CC3)c2)c(-c2ccc(F)cc2)[nH]1. The molecule has 2 aromatic heterocycles. The Labute approximate surface area is 150 Å². The van der Waals surface area contributed by atoms with Gasteiger partial charge in [-0.05, 0) is 55.5 Å². The summed E-state index contributed by atoms with van der Waals surface area (Å²) in [5.41, 5.74) is 3.69. The molecule has 0 spiro atoms. The summed E-state index contributed by atoms with van der Waals surface area (Å²) >= 11 is 1.55. The molecule has 1 aliphatic carbocycles. The van der Waals surface area contributed by atoms with Crippen LogP contribution in [-0.4, -0.2) is 34.3 Å². The van der Waals surface area contributed by atoms with Gasteiger partial charge >= 0.3 is 0 Å². The monoisotopic (exact) mass is 354 g/mol. The Balaban J connectivity index is 1.78. The molecular weight excluding hydrogens is 335 g/mol. The molecule has 0 saturated heterocycles. The molecule has 1 saturated carbocycles. The molecule has 2 heterocycles. The van der Waals surface area contributed by atoms with Crippen LogP contribution in [0.1, 0.15) is 12.8 Å². The van der Waals surface area contributed by atoms with E-state index in [-0.39, 0.29) is 5.82 Å². The largest absolute Gasteiger partial charge is 0.357 e. The highest BCUT2D eigenvalue weighted by Crippen LogP contribution is 2.35. The van der Waals surface area contributed by atoms with Crippen LogP contribution in [0.15, 0.2) is 47.8 Å². The summed E-state index contributed by atoms with van der Waals surface area (Å²) in [7, 11) is 2.09. The number of hydrogen-bond donors (Lipinski definition) is 1.